The summed E-state index contributed by atoms with van der Waals surface area (Å²) in [6.07, 6.45) is 5.14. The molecule has 1 aromatic carbocycles. The van der Waals surface area contributed by atoms with Crippen molar-refractivity contribution < 1.29 is 0 Å². The molecule has 1 atom stereocenters. The molecule has 1 saturated heterocycles. The third kappa shape index (κ3) is 2.90. The Morgan fingerprint density at radius 2 is 2.05 bits per heavy atom. The Balaban J connectivity index is 1.58. The summed E-state index contributed by atoms with van der Waals surface area (Å²) in [5.74, 6) is 0. The van der Waals surface area contributed by atoms with E-state index in [9.17, 15) is 0 Å². The maximum Gasteiger partial charge on any atom is 0.0467 e. The van der Waals surface area contributed by atoms with Crippen molar-refractivity contribution >= 4 is 0 Å². The molecule has 0 bridgehead atoms. The molecule has 1 aromatic rings. The molecule has 0 amide bonds. The molecular formula is C17H27N3. The molecule has 2 fully saturated rings. The van der Waals surface area contributed by atoms with Gasteiger partial charge in [0.15, 0.2) is 0 Å². The van der Waals surface area contributed by atoms with E-state index in [2.05, 4.69) is 47.2 Å². The van der Waals surface area contributed by atoms with Crippen LogP contribution in [-0.4, -0.2) is 54.6 Å². The van der Waals surface area contributed by atoms with Gasteiger partial charge in [0.25, 0.3) is 0 Å². The molecule has 110 valence electrons. The van der Waals surface area contributed by atoms with Crippen molar-refractivity contribution in [3.63, 3.8) is 0 Å². The minimum Gasteiger partial charge on any atom is -0.329 e. The minimum atomic E-state index is 0.206. The zero-order valence-corrected chi connectivity index (χ0v) is 12.6. The van der Waals surface area contributed by atoms with Gasteiger partial charge in [0.2, 0.25) is 0 Å². The van der Waals surface area contributed by atoms with Crippen molar-refractivity contribution in [3.8, 4) is 0 Å². The Morgan fingerprint density at radius 1 is 1.30 bits per heavy atom. The highest BCUT2D eigenvalue weighted by atomic mass is 15.3. The monoisotopic (exact) mass is 273 g/mol. The Bertz CT molecular complexity index is 429. The van der Waals surface area contributed by atoms with E-state index in [4.69, 9.17) is 5.73 Å². The molecule has 1 saturated carbocycles. The van der Waals surface area contributed by atoms with E-state index in [-0.39, 0.29) is 5.54 Å². The third-order valence-electron chi connectivity index (χ3n) is 5.19. The molecule has 2 N–H and O–H groups in total. The van der Waals surface area contributed by atoms with E-state index in [1.165, 1.54) is 37.9 Å². The summed E-state index contributed by atoms with van der Waals surface area (Å²) in [5.41, 5.74) is 7.78. The van der Waals surface area contributed by atoms with Crippen LogP contribution in [0.3, 0.4) is 0 Å². The SMILES string of the molecule is CN(CCc1ccccc1)C1(CN)CCN(C2CC2)C1. The van der Waals surface area contributed by atoms with Crippen LogP contribution in [0.4, 0.5) is 0 Å². The van der Waals surface area contributed by atoms with Gasteiger partial charge in [-0.1, -0.05) is 30.3 Å². The van der Waals surface area contributed by atoms with Crippen LogP contribution in [0.2, 0.25) is 0 Å². The van der Waals surface area contributed by atoms with E-state index >= 15 is 0 Å². The van der Waals surface area contributed by atoms with Crippen molar-refractivity contribution in [3.05, 3.63) is 35.9 Å². The zero-order valence-electron chi connectivity index (χ0n) is 12.6. The zero-order chi connectivity index (χ0) is 14.0. The molecule has 1 aliphatic heterocycles. The van der Waals surface area contributed by atoms with E-state index in [0.717, 1.165) is 25.6 Å². The molecular weight excluding hydrogens is 246 g/mol. The fourth-order valence-corrected chi connectivity index (χ4v) is 3.45. The summed E-state index contributed by atoms with van der Waals surface area (Å²) in [6, 6.07) is 11.6. The first kappa shape index (κ1) is 14.1. The highest BCUT2D eigenvalue weighted by Gasteiger charge is 2.44. The van der Waals surface area contributed by atoms with Crippen molar-refractivity contribution in [1.82, 2.24) is 9.80 Å². The molecule has 1 aliphatic carbocycles. The quantitative estimate of drug-likeness (QED) is 0.857. The van der Waals surface area contributed by atoms with Gasteiger partial charge in [-0.3, -0.25) is 9.80 Å². The molecule has 0 spiro atoms. The summed E-state index contributed by atoms with van der Waals surface area (Å²) in [6.45, 7) is 4.28. The maximum absolute atomic E-state index is 6.15. The highest BCUT2D eigenvalue weighted by Crippen LogP contribution is 2.35. The second kappa shape index (κ2) is 5.84. The fraction of sp³-hybridized carbons (Fsp3) is 0.647. The first-order chi connectivity index (χ1) is 9.73. The lowest BCUT2D eigenvalue weighted by molar-refractivity contribution is 0.129. The first-order valence-corrected chi connectivity index (χ1v) is 7.93. The molecule has 1 heterocycles. The number of nitrogens with zero attached hydrogens (tertiary/aromatic N) is 2. The largest absolute Gasteiger partial charge is 0.329 e. The molecule has 20 heavy (non-hydrogen) atoms. The predicted molar refractivity (Wildman–Crippen MR) is 83.8 cm³/mol. The average molecular weight is 273 g/mol. The number of rotatable bonds is 6. The number of hydrogen-bond acceptors (Lipinski definition) is 3. The molecule has 3 rings (SSSR count). The second-order valence-electron chi connectivity index (χ2n) is 6.54. The van der Waals surface area contributed by atoms with Crippen LogP contribution >= 0.6 is 0 Å². The van der Waals surface area contributed by atoms with E-state index in [1.807, 2.05) is 0 Å². The van der Waals surface area contributed by atoms with Crippen molar-refractivity contribution in [2.45, 2.75) is 37.3 Å². The van der Waals surface area contributed by atoms with Crippen molar-refractivity contribution in [2.24, 2.45) is 5.73 Å². The highest BCUT2D eigenvalue weighted by molar-refractivity contribution is 5.15. The van der Waals surface area contributed by atoms with Crippen LogP contribution in [-0.2, 0) is 6.42 Å². The van der Waals surface area contributed by atoms with Crippen LogP contribution in [0.25, 0.3) is 0 Å². The Hall–Kier alpha value is -0.900. The Morgan fingerprint density at radius 3 is 2.70 bits per heavy atom. The first-order valence-electron chi connectivity index (χ1n) is 7.93. The fourth-order valence-electron chi connectivity index (χ4n) is 3.45. The van der Waals surface area contributed by atoms with Crippen molar-refractivity contribution in [2.75, 3.05) is 33.2 Å². The average Bonchev–Trinajstić information content (AvgIpc) is 3.25. The lowest BCUT2D eigenvalue weighted by atomic mass is 9.96. The second-order valence-corrected chi connectivity index (χ2v) is 6.54. The third-order valence-corrected chi connectivity index (χ3v) is 5.19. The van der Waals surface area contributed by atoms with Gasteiger partial charge in [0.05, 0.1) is 0 Å². The topological polar surface area (TPSA) is 32.5 Å². The van der Waals surface area contributed by atoms with Crippen LogP contribution in [0.1, 0.15) is 24.8 Å². The van der Waals surface area contributed by atoms with Gasteiger partial charge in [-0.2, -0.15) is 0 Å². The number of likely N-dealkylation sites (N-methyl/N-ethyl adjacent to an activating group) is 1. The summed E-state index contributed by atoms with van der Waals surface area (Å²) in [5, 5.41) is 0. The van der Waals surface area contributed by atoms with Crippen LogP contribution < -0.4 is 5.73 Å². The lowest BCUT2D eigenvalue weighted by Crippen LogP contribution is -2.54. The van der Waals surface area contributed by atoms with Gasteiger partial charge in [-0.15, -0.1) is 0 Å². The standard InChI is InChI=1S/C17H27N3/c1-19(11-9-15-5-3-2-4-6-15)17(13-18)10-12-20(14-17)16-7-8-16/h2-6,16H,7-14,18H2,1H3. The van der Waals surface area contributed by atoms with Crippen molar-refractivity contribution in [1.29, 1.82) is 0 Å². The van der Waals surface area contributed by atoms with Gasteiger partial charge in [0, 0.05) is 37.8 Å². The van der Waals surface area contributed by atoms with Crippen LogP contribution in [0.5, 0.6) is 0 Å². The smallest absolute Gasteiger partial charge is 0.0467 e. The number of hydrogen-bond donors (Lipinski definition) is 1. The predicted octanol–water partition coefficient (Wildman–Crippen LogP) is 1.73. The molecule has 1 unspecified atom stereocenters. The number of likely N-dealkylation sites (tertiary alicyclic amines) is 1. The summed E-state index contributed by atoms with van der Waals surface area (Å²) < 4.78 is 0. The normalized spacial score (nSPS) is 27.4. The van der Waals surface area contributed by atoms with Gasteiger partial charge >= 0.3 is 0 Å². The van der Waals surface area contributed by atoms with Gasteiger partial charge in [0.1, 0.15) is 0 Å². The van der Waals surface area contributed by atoms with Gasteiger partial charge in [-0.05, 0) is 38.3 Å². The van der Waals surface area contributed by atoms with Gasteiger partial charge in [-0.25, -0.2) is 0 Å². The Labute approximate surface area is 122 Å². The maximum atomic E-state index is 6.15. The minimum absolute atomic E-state index is 0.206. The lowest BCUT2D eigenvalue weighted by Gasteiger charge is -2.38. The Kier molecular flexibility index (Phi) is 4.11. The van der Waals surface area contributed by atoms with Crippen LogP contribution in [0.15, 0.2) is 30.3 Å². The van der Waals surface area contributed by atoms with E-state index < -0.39 is 0 Å². The molecule has 0 aromatic heterocycles. The van der Waals surface area contributed by atoms with Crippen LogP contribution in [0, 0.1) is 0 Å². The van der Waals surface area contributed by atoms with Gasteiger partial charge < -0.3 is 5.73 Å². The molecule has 3 heteroatoms. The number of benzene rings is 1. The summed E-state index contributed by atoms with van der Waals surface area (Å²) >= 11 is 0. The molecule has 0 radical (unpaired) electrons. The van der Waals surface area contributed by atoms with E-state index in [0.29, 0.717) is 0 Å². The molecule has 3 nitrogen and oxygen atoms in total. The number of nitrogens with two attached hydrogens (primary N) is 1. The molecule has 2 aliphatic rings. The van der Waals surface area contributed by atoms with E-state index in [1.54, 1.807) is 0 Å². The summed E-state index contributed by atoms with van der Waals surface area (Å²) in [4.78, 5) is 5.17. The summed E-state index contributed by atoms with van der Waals surface area (Å²) in [7, 11) is 2.26.